The van der Waals surface area contributed by atoms with Crippen LogP contribution in [0.15, 0.2) is 77.9 Å². The molecule has 31 heavy (non-hydrogen) atoms. The molecule has 0 radical (unpaired) electrons. The lowest BCUT2D eigenvalue weighted by atomic mass is 10.1. The lowest BCUT2D eigenvalue weighted by Gasteiger charge is -2.08. The lowest BCUT2D eigenvalue weighted by molar-refractivity contribution is 0.306. The van der Waals surface area contributed by atoms with Gasteiger partial charge in [-0.25, -0.2) is 4.98 Å². The molecule has 156 valence electrons. The highest BCUT2D eigenvalue weighted by atomic mass is 35.5. The molecule has 0 amide bonds. The number of hydrogen-bond acceptors (Lipinski definition) is 5. The Morgan fingerprint density at radius 3 is 2.55 bits per heavy atom. The molecule has 0 saturated carbocycles. The summed E-state index contributed by atoms with van der Waals surface area (Å²) in [7, 11) is 0. The number of hydrogen-bond donors (Lipinski definition) is 1. The van der Waals surface area contributed by atoms with Gasteiger partial charge in [0.15, 0.2) is 0 Å². The molecule has 0 spiro atoms. The molecule has 0 atom stereocenters. The standard InChI is InChI=1S/C24H19Cl2N3OS/c1-16-23(18-5-3-2-4-6-18)28-24(31-16)29-27-14-17-7-11-21(12-8-17)30-15-19-9-10-20(25)13-22(19)26/h2-14H,15H2,1H3,(H,28,29)/b27-14-. The quantitative estimate of drug-likeness (QED) is 0.226. The van der Waals surface area contributed by atoms with Gasteiger partial charge >= 0.3 is 0 Å². The summed E-state index contributed by atoms with van der Waals surface area (Å²) in [5, 5.41) is 6.26. The zero-order chi connectivity index (χ0) is 21.6. The Kier molecular flexibility index (Phi) is 6.87. The number of nitrogens with zero attached hydrogens (tertiary/aromatic N) is 2. The highest BCUT2D eigenvalue weighted by Gasteiger charge is 2.08. The SMILES string of the molecule is Cc1sc(N/N=C\c2ccc(OCc3ccc(Cl)cc3Cl)cc2)nc1-c1ccccc1. The van der Waals surface area contributed by atoms with Crippen molar-refractivity contribution in [2.45, 2.75) is 13.5 Å². The molecule has 0 fully saturated rings. The number of rotatable bonds is 7. The molecule has 4 nitrogen and oxygen atoms in total. The van der Waals surface area contributed by atoms with Crippen molar-refractivity contribution in [3.8, 4) is 17.0 Å². The summed E-state index contributed by atoms with van der Waals surface area (Å²) in [6.45, 7) is 2.43. The maximum Gasteiger partial charge on any atom is 0.204 e. The van der Waals surface area contributed by atoms with E-state index in [4.69, 9.17) is 27.9 Å². The molecule has 4 rings (SSSR count). The van der Waals surface area contributed by atoms with Gasteiger partial charge in [-0.15, -0.1) is 11.3 Å². The molecular weight excluding hydrogens is 449 g/mol. The van der Waals surface area contributed by atoms with Crippen LogP contribution in [0, 0.1) is 6.92 Å². The predicted molar refractivity (Wildman–Crippen MR) is 131 cm³/mol. The zero-order valence-electron chi connectivity index (χ0n) is 16.7. The minimum atomic E-state index is 0.373. The Morgan fingerprint density at radius 1 is 1.03 bits per heavy atom. The van der Waals surface area contributed by atoms with Gasteiger partial charge in [0.05, 0.1) is 11.9 Å². The van der Waals surface area contributed by atoms with Crippen LogP contribution < -0.4 is 10.2 Å². The summed E-state index contributed by atoms with van der Waals surface area (Å²) in [6, 6.07) is 23.2. The molecule has 0 unspecified atom stereocenters. The first-order chi connectivity index (χ1) is 15.1. The fourth-order valence-corrected chi connectivity index (χ4v) is 4.17. The molecular formula is C24H19Cl2N3OS. The van der Waals surface area contributed by atoms with Crippen molar-refractivity contribution >= 4 is 45.9 Å². The lowest BCUT2D eigenvalue weighted by Crippen LogP contribution is -1.96. The third-order valence-corrected chi connectivity index (χ3v) is 5.97. The van der Waals surface area contributed by atoms with Crippen LogP contribution in [0.4, 0.5) is 5.13 Å². The van der Waals surface area contributed by atoms with E-state index in [1.54, 1.807) is 29.7 Å². The van der Waals surface area contributed by atoms with Crippen LogP contribution in [-0.2, 0) is 6.61 Å². The maximum atomic E-state index is 6.18. The number of anilines is 1. The minimum absolute atomic E-state index is 0.373. The van der Waals surface area contributed by atoms with Crippen molar-refractivity contribution in [3.63, 3.8) is 0 Å². The van der Waals surface area contributed by atoms with Gasteiger partial charge in [-0.2, -0.15) is 5.10 Å². The average molecular weight is 468 g/mol. The summed E-state index contributed by atoms with van der Waals surface area (Å²) >= 11 is 13.7. The zero-order valence-corrected chi connectivity index (χ0v) is 19.0. The summed E-state index contributed by atoms with van der Waals surface area (Å²) < 4.78 is 5.80. The van der Waals surface area contributed by atoms with E-state index in [-0.39, 0.29) is 0 Å². The molecule has 0 saturated heterocycles. The number of aryl methyl sites for hydroxylation is 1. The van der Waals surface area contributed by atoms with Crippen molar-refractivity contribution in [3.05, 3.63) is 98.8 Å². The molecule has 1 N–H and O–H groups in total. The van der Waals surface area contributed by atoms with E-state index < -0.39 is 0 Å². The number of halogens is 2. The van der Waals surface area contributed by atoms with Crippen molar-refractivity contribution in [1.82, 2.24) is 4.98 Å². The largest absolute Gasteiger partial charge is 0.489 e. The number of nitrogens with one attached hydrogen (secondary N) is 1. The summed E-state index contributed by atoms with van der Waals surface area (Å²) in [4.78, 5) is 5.79. The number of hydrazone groups is 1. The molecule has 7 heteroatoms. The first-order valence-corrected chi connectivity index (χ1v) is 11.1. The van der Waals surface area contributed by atoms with Crippen molar-refractivity contribution in [1.29, 1.82) is 0 Å². The Balaban J connectivity index is 1.34. The Morgan fingerprint density at radius 2 is 1.81 bits per heavy atom. The monoisotopic (exact) mass is 467 g/mol. The van der Waals surface area contributed by atoms with Gasteiger partial charge < -0.3 is 4.74 Å². The van der Waals surface area contributed by atoms with Crippen LogP contribution in [0.1, 0.15) is 16.0 Å². The number of thiazole rings is 1. The highest BCUT2D eigenvalue weighted by Crippen LogP contribution is 2.30. The summed E-state index contributed by atoms with van der Waals surface area (Å²) in [6.07, 6.45) is 1.75. The van der Waals surface area contributed by atoms with E-state index in [9.17, 15) is 0 Å². The van der Waals surface area contributed by atoms with Crippen LogP contribution in [0.2, 0.25) is 10.0 Å². The predicted octanol–water partition coefficient (Wildman–Crippen LogP) is 7.45. The van der Waals surface area contributed by atoms with E-state index in [0.29, 0.717) is 16.7 Å². The number of benzene rings is 3. The second-order valence-electron chi connectivity index (χ2n) is 6.75. The third-order valence-electron chi connectivity index (χ3n) is 4.51. The summed E-state index contributed by atoms with van der Waals surface area (Å²) in [5.74, 6) is 0.749. The second kappa shape index (κ2) is 9.96. The van der Waals surface area contributed by atoms with Crippen LogP contribution in [0.3, 0.4) is 0 Å². The van der Waals surface area contributed by atoms with E-state index >= 15 is 0 Å². The van der Waals surface area contributed by atoms with Crippen molar-refractivity contribution < 1.29 is 4.74 Å². The molecule has 4 aromatic rings. The highest BCUT2D eigenvalue weighted by molar-refractivity contribution is 7.16. The first kappa shape index (κ1) is 21.4. The number of ether oxygens (including phenoxy) is 1. The molecule has 0 aliphatic rings. The van der Waals surface area contributed by atoms with Crippen LogP contribution in [0.25, 0.3) is 11.3 Å². The fraction of sp³-hybridized carbons (Fsp3) is 0.0833. The smallest absolute Gasteiger partial charge is 0.204 e. The average Bonchev–Trinajstić information content (AvgIpc) is 3.15. The van der Waals surface area contributed by atoms with Gasteiger partial charge in [0.1, 0.15) is 12.4 Å². The third kappa shape index (κ3) is 5.64. The normalized spacial score (nSPS) is 11.1. The van der Waals surface area contributed by atoms with E-state index in [1.807, 2.05) is 48.5 Å². The van der Waals surface area contributed by atoms with Crippen LogP contribution in [0.5, 0.6) is 5.75 Å². The van der Waals surface area contributed by atoms with E-state index in [1.165, 1.54) is 0 Å². The molecule has 1 heterocycles. The van der Waals surface area contributed by atoms with Gasteiger partial charge in [-0.05, 0) is 48.9 Å². The van der Waals surface area contributed by atoms with Crippen molar-refractivity contribution in [2.24, 2.45) is 5.10 Å². The minimum Gasteiger partial charge on any atom is -0.489 e. The first-order valence-electron chi connectivity index (χ1n) is 9.57. The Bertz CT molecular complexity index is 1190. The van der Waals surface area contributed by atoms with Gasteiger partial charge in [-0.1, -0.05) is 59.6 Å². The van der Waals surface area contributed by atoms with Gasteiger partial charge in [0.25, 0.3) is 0 Å². The Labute approximate surface area is 195 Å². The van der Waals surface area contributed by atoms with Crippen molar-refractivity contribution in [2.75, 3.05) is 5.43 Å². The molecule has 3 aromatic carbocycles. The fourth-order valence-electron chi connectivity index (χ4n) is 2.92. The second-order valence-corrected chi connectivity index (χ2v) is 8.80. The summed E-state index contributed by atoms with van der Waals surface area (Å²) in [5.41, 5.74) is 6.92. The van der Waals surface area contributed by atoms with E-state index in [0.717, 1.165) is 38.1 Å². The van der Waals surface area contributed by atoms with E-state index in [2.05, 4.69) is 34.6 Å². The maximum absolute atomic E-state index is 6.18. The van der Waals surface area contributed by atoms with Crippen LogP contribution in [-0.4, -0.2) is 11.2 Å². The molecule has 0 aliphatic heterocycles. The van der Waals surface area contributed by atoms with Gasteiger partial charge in [0.2, 0.25) is 5.13 Å². The molecule has 0 bridgehead atoms. The van der Waals surface area contributed by atoms with Gasteiger partial charge in [0, 0.05) is 26.0 Å². The van der Waals surface area contributed by atoms with Gasteiger partial charge in [-0.3, -0.25) is 5.43 Å². The molecule has 1 aromatic heterocycles. The molecule has 0 aliphatic carbocycles. The topological polar surface area (TPSA) is 46.5 Å². The van der Waals surface area contributed by atoms with Crippen LogP contribution >= 0.6 is 34.5 Å². The Hall–Kier alpha value is -2.86. The number of aromatic nitrogens is 1.